The molecule has 1 atom stereocenters. The second-order valence-corrected chi connectivity index (χ2v) is 7.39. The topological polar surface area (TPSA) is 95.6 Å². The summed E-state index contributed by atoms with van der Waals surface area (Å²) in [6.45, 7) is 6.39. The van der Waals surface area contributed by atoms with E-state index in [2.05, 4.69) is 10.6 Å². The van der Waals surface area contributed by atoms with Gasteiger partial charge in [-0.1, -0.05) is 13.8 Å². The number of anilines is 1. The summed E-state index contributed by atoms with van der Waals surface area (Å²) in [4.78, 5) is 49.1. The maximum absolute atomic E-state index is 14.2. The molecule has 1 saturated heterocycles. The first-order chi connectivity index (χ1) is 12.5. The third-order valence-electron chi connectivity index (χ3n) is 4.46. The van der Waals surface area contributed by atoms with Gasteiger partial charge in [-0.25, -0.2) is 9.18 Å². The molecule has 2 rings (SSSR count). The summed E-state index contributed by atoms with van der Waals surface area (Å²) in [5.41, 5.74) is -1.09. The molecule has 146 valence electrons. The molecule has 0 unspecified atom stereocenters. The Morgan fingerprint density at radius 3 is 2.52 bits per heavy atom. The molecule has 1 heterocycles. The summed E-state index contributed by atoms with van der Waals surface area (Å²) in [5, 5.41) is 5.05. The average molecular weight is 377 g/mol. The molecule has 2 N–H and O–H groups in total. The smallest absolute Gasteiger partial charge is 0.325 e. The normalized spacial score (nSPS) is 19.4. The highest BCUT2D eigenvalue weighted by atomic mass is 19.1. The molecule has 7 nitrogen and oxygen atoms in total. The molecule has 0 aliphatic carbocycles. The van der Waals surface area contributed by atoms with Gasteiger partial charge < -0.3 is 10.6 Å². The number of carbonyl (C=O) groups is 4. The Labute approximate surface area is 157 Å². The van der Waals surface area contributed by atoms with E-state index in [4.69, 9.17) is 0 Å². The second kappa shape index (κ2) is 7.85. The number of nitrogens with one attached hydrogen (secondary N) is 2. The number of hydrogen-bond donors (Lipinski definition) is 2. The second-order valence-electron chi connectivity index (χ2n) is 7.39. The van der Waals surface area contributed by atoms with Gasteiger partial charge in [0, 0.05) is 12.6 Å². The van der Waals surface area contributed by atoms with Gasteiger partial charge in [-0.05, 0) is 43.9 Å². The number of rotatable bonds is 7. The molecule has 27 heavy (non-hydrogen) atoms. The van der Waals surface area contributed by atoms with E-state index < -0.39 is 35.6 Å². The minimum absolute atomic E-state index is 0.216. The van der Waals surface area contributed by atoms with Gasteiger partial charge in [-0.3, -0.25) is 19.3 Å². The average Bonchev–Trinajstić information content (AvgIpc) is 2.76. The van der Waals surface area contributed by atoms with Crippen molar-refractivity contribution >= 4 is 29.3 Å². The zero-order chi connectivity index (χ0) is 20.4. The van der Waals surface area contributed by atoms with Crippen LogP contribution in [0.25, 0.3) is 0 Å². The summed E-state index contributed by atoms with van der Waals surface area (Å²) in [5.74, 6) is -2.02. The molecule has 0 saturated carbocycles. The van der Waals surface area contributed by atoms with Crippen LogP contribution in [0.15, 0.2) is 18.2 Å². The van der Waals surface area contributed by atoms with Crippen LogP contribution in [0.3, 0.4) is 0 Å². The number of nitrogens with zero attached hydrogens (tertiary/aromatic N) is 1. The Balaban J connectivity index is 2.12. The predicted octanol–water partition coefficient (Wildman–Crippen LogP) is 2.71. The fourth-order valence-electron chi connectivity index (χ4n) is 2.89. The lowest BCUT2D eigenvalue weighted by molar-refractivity contribution is -0.130. The quantitative estimate of drug-likeness (QED) is 0.564. The van der Waals surface area contributed by atoms with Crippen molar-refractivity contribution in [2.24, 2.45) is 5.92 Å². The Morgan fingerprint density at radius 1 is 1.30 bits per heavy atom. The standard InChI is InChI=1S/C19H24FN3O4/c1-11(2)7-8-19(4)17(26)23(18(27)22-19)10-16(25)14-6-5-13(9-15(14)20)21-12(3)24/h5-6,9,11H,7-8,10H2,1-4H3,(H,21,24)(H,22,27)/t19-/m0/s1. The zero-order valence-corrected chi connectivity index (χ0v) is 15.9. The third-order valence-corrected chi connectivity index (χ3v) is 4.46. The number of amides is 4. The molecular formula is C19H24FN3O4. The van der Waals surface area contributed by atoms with Gasteiger partial charge in [0.2, 0.25) is 5.91 Å². The zero-order valence-electron chi connectivity index (χ0n) is 15.9. The van der Waals surface area contributed by atoms with Crippen molar-refractivity contribution in [3.63, 3.8) is 0 Å². The first-order valence-corrected chi connectivity index (χ1v) is 8.78. The molecule has 1 aromatic rings. The van der Waals surface area contributed by atoms with Crippen LogP contribution in [0.2, 0.25) is 0 Å². The summed E-state index contributed by atoms with van der Waals surface area (Å²) < 4.78 is 14.2. The first-order valence-electron chi connectivity index (χ1n) is 8.78. The maximum atomic E-state index is 14.2. The number of carbonyl (C=O) groups excluding carboxylic acids is 4. The van der Waals surface area contributed by atoms with E-state index >= 15 is 0 Å². The van der Waals surface area contributed by atoms with Crippen LogP contribution < -0.4 is 10.6 Å². The van der Waals surface area contributed by atoms with Crippen LogP contribution >= 0.6 is 0 Å². The van der Waals surface area contributed by atoms with Gasteiger partial charge in [0.15, 0.2) is 5.78 Å². The lowest BCUT2D eigenvalue weighted by atomic mass is 9.92. The van der Waals surface area contributed by atoms with Crippen LogP contribution in [0.4, 0.5) is 14.9 Å². The molecule has 4 amide bonds. The minimum atomic E-state index is -1.06. The molecule has 1 aromatic carbocycles. The van der Waals surface area contributed by atoms with E-state index in [0.717, 1.165) is 17.4 Å². The largest absolute Gasteiger partial charge is 0.326 e. The van der Waals surface area contributed by atoms with Gasteiger partial charge in [0.25, 0.3) is 5.91 Å². The molecule has 0 radical (unpaired) electrons. The summed E-state index contributed by atoms with van der Waals surface area (Å²) in [6.07, 6.45) is 1.20. The number of halogens is 1. The number of benzene rings is 1. The van der Waals surface area contributed by atoms with Crippen LogP contribution in [-0.4, -0.2) is 40.6 Å². The summed E-state index contributed by atoms with van der Waals surface area (Å²) in [7, 11) is 0. The summed E-state index contributed by atoms with van der Waals surface area (Å²) >= 11 is 0. The van der Waals surface area contributed by atoms with Crippen LogP contribution in [0.1, 0.15) is 50.9 Å². The molecule has 0 bridgehead atoms. The van der Waals surface area contributed by atoms with Crippen LogP contribution in [-0.2, 0) is 9.59 Å². The predicted molar refractivity (Wildman–Crippen MR) is 97.8 cm³/mol. The molecule has 1 aliphatic rings. The Kier molecular flexibility index (Phi) is 5.98. The van der Waals surface area contributed by atoms with E-state index in [-0.39, 0.29) is 17.2 Å². The monoisotopic (exact) mass is 377 g/mol. The molecule has 1 aliphatic heterocycles. The Bertz CT molecular complexity index is 793. The van der Waals surface area contributed by atoms with E-state index in [0.29, 0.717) is 12.3 Å². The van der Waals surface area contributed by atoms with Crippen molar-refractivity contribution in [3.8, 4) is 0 Å². The third kappa shape index (κ3) is 4.69. The fraction of sp³-hybridized carbons (Fsp3) is 0.474. The number of urea groups is 1. The van der Waals surface area contributed by atoms with Crippen molar-refractivity contribution < 1.29 is 23.6 Å². The van der Waals surface area contributed by atoms with Crippen molar-refractivity contribution in [1.29, 1.82) is 0 Å². The van der Waals surface area contributed by atoms with Crippen LogP contribution in [0, 0.1) is 11.7 Å². The number of ketones is 1. The first kappa shape index (κ1) is 20.5. The minimum Gasteiger partial charge on any atom is -0.326 e. The van der Waals surface area contributed by atoms with Gasteiger partial charge in [0.1, 0.15) is 11.4 Å². The number of hydrogen-bond acceptors (Lipinski definition) is 4. The lowest BCUT2D eigenvalue weighted by Gasteiger charge is -2.22. The van der Waals surface area contributed by atoms with Crippen LogP contribution in [0.5, 0.6) is 0 Å². The highest BCUT2D eigenvalue weighted by Gasteiger charge is 2.47. The highest BCUT2D eigenvalue weighted by Crippen LogP contribution is 2.25. The molecule has 8 heteroatoms. The fourth-order valence-corrected chi connectivity index (χ4v) is 2.89. The number of Topliss-reactive ketones (excluding diaryl/α,β-unsaturated/α-hetero) is 1. The van der Waals surface area contributed by atoms with Crippen molar-refractivity contribution in [1.82, 2.24) is 10.2 Å². The van der Waals surface area contributed by atoms with Gasteiger partial charge >= 0.3 is 6.03 Å². The number of imide groups is 1. The van der Waals surface area contributed by atoms with Gasteiger partial charge in [-0.15, -0.1) is 0 Å². The van der Waals surface area contributed by atoms with Gasteiger partial charge in [0.05, 0.1) is 12.1 Å². The van der Waals surface area contributed by atoms with E-state index in [9.17, 15) is 23.6 Å². The molecule has 0 aromatic heterocycles. The Hall–Kier alpha value is -2.77. The Morgan fingerprint density at radius 2 is 1.96 bits per heavy atom. The SMILES string of the molecule is CC(=O)Nc1ccc(C(=O)CN2C(=O)N[C@@](C)(CCC(C)C)C2=O)c(F)c1. The van der Waals surface area contributed by atoms with E-state index in [1.807, 2.05) is 13.8 Å². The molecular weight excluding hydrogens is 353 g/mol. The lowest BCUT2D eigenvalue weighted by Crippen LogP contribution is -2.44. The van der Waals surface area contributed by atoms with Crippen molar-refractivity contribution in [2.45, 2.75) is 46.1 Å². The van der Waals surface area contributed by atoms with Gasteiger partial charge in [-0.2, -0.15) is 0 Å². The summed E-state index contributed by atoms with van der Waals surface area (Å²) in [6, 6.07) is 2.97. The molecule has 1 fully saturated rings. The molecule has 0 spiro atoms. The maximum Gasteiger partial charge on any atom is 0.325 e. The highest BCUT2D eigenvalue weighted by molar-refractivity contribution is 6.11. The van der Waals surface area contributed by atoms with E-state index in [1.54, 1.807) is 6.92 Å². The van der Waals surface area contributed by atoms with Crippen molar-refractivity contribution in [2.75, 3.05) is 11.9 Å². The van der Waals surface area contributed by atoms with Crippen molar-refractivity contribution in [3.05, 3.63) is 29.6 Å². The van der Waals surface area contributed by atoms with E-state index in [1.165, 1.54) is 19.1 Å².